The van der Waals surface area contributed by atoms with E-state index >= 15 is 0 Å². The minimum absolute atomic E-state index is 0.380. The van der Waals surface area contributed by atoms with Crippen LogP contribution in [0.1, 0.15) is 26.7 Å². The molecule has 1 aliphatic heterocycles. The molecule has 0 bridgehead atoms. The van der Waals surface area contributed by atoms with Gasteiger partial charge in [0, 0.05) is 25.9 Å². The summed E-state index contributed by atoms with van der Waals surface area (Å²) in [5, 5.41) is 11.2. The Morgan fingerprint density at radius 3 is 2.21 bits per heavy atom. The minimum atomic E-state index is -3.13. The molecule has 0 aromatic rings. The van der Waals surface area contributed by atoms with Crippen LogP contribution in [0.4, 0.5) is 0 Å². The molecule has 0 spiro atoms. The van der Waals surface area contributed by atoms with Crippen LogP contribution in [-0.4, -0.2) is 42.0 Å². The van der Waals surface area contributed by atoms with E-state index in [4.69, 9.17) is 5.21 Å². The Labute approximate surface area is 84.5 Å². The number of rotatable bonds is 2. The Balaban J connectivity index is 2.67. The van der Waals surface area contributed by atoms with E-state index in [1.165, 1.54) is 4.31 Å². The predicted octanol–water partition coefficient (Wildman–Crippen LogP) is 0.651. The summed E-state index contributed by atoms with van der Waals surface area (Å²) < 4.78 is 24.9. The van der Waals surface area contributed by atoms with E-state index in [2.05, 4.69) is 5.16 Å². The molecule has 0 aromatic carbocycles. The Morgan fingerprint density at radius 1 is 1.36 bits per heavy atom. The largest absolute Gasteiger partial charge is 0.411 e. The van der Waals surface area contributed by atoms with Gasteiger partial charge in [-0.3, -0.25) is 0 Å². The van der Waals surface area contributed by atoms with Crippen LogP contribution in [0.3, 0.4) is 0 Å². The van der Waals surface area contributed by atoms with Crippen molar-refractivity contribution in [1.82, 2.24) is 4.31 Å². The van der Waals surface area contributed by atoms with Crippen molar-refractivity contribution in [2.75, 3.05) is 13.1 Å². The van der Waals surface area contributed by atoms with Crippen molar-refractivity contribution in [3.63, 3.8) is 0 Å². The summed E-state index contributed by atoms with van der Waals surface area (Å²) in [5.41, 5.74) is 0.681. The molecule has 0 saturated carbocycles. The van der Waals surface area contributed by atoms with Gasteiger partial charge in [0.2, 0.25) is 10.0 Å². The fourth-order valence-corrected chi connectivity index (χ4v) is 2.68. The highest BCUT2D eigenvalue weighted by Gasteiger charge is 2.28. The average molecular weight is 220 g/mol. The minimum Gasteiger partial charge on any atom is -0.411 e. The number of piperidine rings is 1. The fraction of sp³-hybridized carbons (Fsp3) is 0.875. The highest BCUT2D eigenvalue weighted by molar-refractivity contribution is 7.89. The number of sulfonamides is 1. The monoisotopic (exact) mass is 220 g/mol. The molecule has 0 unspecified atom stereocenters. The first kappa shape index (κ1) is 11.5. The number of oxime groups is 1. The second-order valence-electron chi connectivity index (χ2n) is 3.66. The van der Waals surface area contributed by atoms with E-state index in [1.54, 1.807) is 13.8 Å². The van der Waals surface area contributed by atoms with Crippen LogP contribution >= 0.6 is 0 Å². The van der Waals surface area contributed by atoms with Crippen LogP contribution in [0.5, 0.6) is 0 Å². The van der Waals surface area contributed by atoms with Gasteiger partial charge in [0.1, 0.15) is 0 Å². The summed E-state index contributed by atoms with van der Waals surface area (Å²) >= 11 is 0. The Kier molecular flexibility index (Phi) is 3.49. The van der Waals surface area contributed by atoms with Gasteiger partial charge in [-0.1, -0.05) is 5.16 Å². The molecule has 1 rings (SSSR count). The number of nitrogens with zero attached hydrogens (tertiary/aromatic N) is 2. The SMILES string of the molecule is CC(C)S(=O)(=O)N1CCC(=NO)CC1. The molecule has 0 aromatic heterocycles. The quantitative estimate of drug-likeness (QED) is 0.548. The molecule has 14 heavy (non-hydrogen) atoms. The van der Waals surface area contributed by atoms with Gasteiger partial charge in [0.25, 0.3) is 0 Å². The van der Waals surface area contributed by atoms with Crippen molar-refractivity contribution in [2.24, 2.45) is 5.16 Å². The lowest BCUT2D eigenvalue weighted by Gasteiger charge is -2.27. The Morgan fingerprint density at radius 2 is 1.86 bits per heavy atom. The standard InChI is InChI=1S/C8H16N2O3S/c1-7(2)14(12,13)10-5-3-8(9-11)4-6-10/h7,11H,3-6H2,1-2H3. The molecular weight excluding hydrogens is 204 g/mol. The molecule has 1 N–H and O–H groups in total. The summed E-state index contributed by atoms with van der Waals surface area (Å²) in [6.07, 6.45) is 1.06. The maximum atomic E-state index is 11.7. The van der Waals surface area contributed by atoms with Crippen molar-refractivity contribution in [3.8, 4) is 0 Å². The molecule has 1 heterocycles. The van der Waals surface area contributed by atoms with Gasteiger partial charge in [-0.15, -0.1) is 0 Å². The lowest BCUT2D eigenvalue weighted by Crippen LogP contribution is -2.42. The lowest BCUT2D eigenvalue weighted by atomic mass is 10.1. The molecule has 82 valence electrons. The third kappa shape index (κ3) is 2.24. The molecule has 1 fully saturated rings. The van der Waals surface area contributed by atoms with E-state index in [0.717, 1.165) is 0 Å². The van der Waals surface area contributed by atoms with Crippen molar-refractivity contribution < 1.29 is 13.6 Å². The molecule has 0 amide bonds. The summed E-state index contributed by atoms with van der Waals surface area (Å²) in [6, 6.07) is 0. The number of hydrogen-bond acceptors (Lipinski definition) is 4. The predicted molar refractivity (Wildman–Crippen MR) is 54.1 cm³/mol. The van der Waals surface area contributed by atoms with Gasteiger partial charge in [0.05, 0.1) is 11.0 Å². The molecular formula is C8H16N2O3S. The van der Waals surface area contributed by atoms with Crippen LogP contribution in [0, 0.1) is 0 Å². The lowest BCUT2D eigenvalue weighted by molar-refractivity contribution is 0.309. The van der Waals surface area contributed by atoms with Gasteiger partial charge < -0.3 is 5.21 Å². The van der Waals surface area contributed by atoms with Gasteiger partial charge in [-0.2, -0.15) is 0 Å². The zero-order valence-corrected chi connectivity index (χ0v) is 9.29. The van der Waals surface area contributed by atoms with Gasteiger partial charge >= 0.3 is 0 Å². The number of hydrogen-bond donors (Lipinski definition) is 1. The summed E-state index contributed by atoms with van der Waals surface area (Å²) in [7, 11) is -3.13. The zero-order valence-electron chi connectivity index (χ0n) is 8.47. The third-order valence-corrected chi connectivity index (χ3v) is 4.67. The van der Waals surface area contributed by atoms with Crippen molar-refractivity contribution >= 4 is 15.7 Å². The van der Waals surface area contributed by atoms with E-state index in [0.29, 0.717) is 31.6 Å². The Hall–Kier alpha value is -0.620. The first-order valence-electron chi connectivity index (χ1n) is 4.67. The topological polar surface area (TPSA) is 70.0 Å². The molecule has 0 atom stereocenters. The highest BCUT2D eigenvalue weighted by atomic mass is 32.2. The van der Waals surface area contributed by atoms with E-state index in [1.807, 2.05) is 0 Å². The molecule has 5 nitrogen and oxygen atoms in total. The second kappa shape index (κ2) is 4.27. The van der Waals surface area contributed by atoms with Crippen LogP contribution < -0.4 is 0 Å². The highest BCUT2D eigenvalue weighted by Crippen LogP contribution is 2.15. The molecule has 6 heteroatoms. The van der Waals surface area contributed by atoms with Crippen molar-refractivity contribution in [1.29, 1.82) is 0 Å². The average Bonchev–Trinajstić information content (AvgIpc) is 2.17. The first-order chi connectivity index (χ1) is 6.48. The maximum Gasteiger partial charge on any atom is 0.216 e. The molecule has 1 aliphatic rings. The van der Waals surface area contributed by atoms with E-state index < -0.39 is 10.0 Å². The summed E-state index contributed by atoms with van der Waals surface area (Å²) in [4.78, 5) is 0. The third-order valence-electron chi connectivity index (χ3n) is 2.40. The van der Waals surface area contributed by atoms with Gasteiger partial charge in [0.15, 0.2) is 0 Å². The van der Waals surface area contributed by atoms with Gasteiger partial charge in [-0.25, -0.2) is 12.7 Å². The van der Waals surface area contributed by atoms with Crippen molar-refractivity contribution in [3.05, 3.63) is 0 Å². The summed E-state index contributed by atoms with van der Waals surface area (Å²) in [6.45, 7) is 4.20. The van der Waals surface area contributed by atoms with Crippen LogP contribution in [-0.2, 0) is 10.0 Å². The summed E-state index contributed by atoms with van der Waals surface area (Å²) in [5.74, 6) is 0. The van der Waals surface area contributed by atoms with E-state index in [-0.39, 0.29) is 5.25 Å². The Bertz CT molecular complexity index is 311. The smallest absolute Gasteiger partial charge is 0.216 e. The van der Waals surface area contributed by atoms with Crippen LogP contribution in [0.25, 0.3) is 0 Å². The normalized spacial score (nSPS) is 20.1. The van der Waals surface area contributed by atoms with E-state index in [9.17, 15) is 8.42 Å². The maximum absolute atomic E-state index is 11.7. The van der Waals surface area contributed by atoms with Crippen molar-refractivity contribution in [2.45, 2.75) is 31.9 Å². The zero-order chi connectivity index (χ0) is 10.8. The van der Waals surface area contributed by atoms with Gasteiger partial charge in [-0.05, 0) is 13.8 Å². The second-order valence-corrected chi connectivity index (χ2v) is 6.15. The fourth-order valence-electron chi connectivity index (χ4n) is 1.40. The van der Waals surface area contributed by atoms with Crippen LogP contribution in [0.2, 0.25) is 0 Å². The molecule has 0 aliphatic carbocycles. The van der Waals surface area contributed by atoms with Crippen LogP contribution in [0.15, 0.2) is 5.16 Å². The molecule has 1 saturated heterocycles. The first-order valence-corrected chi connectivity index (χ1v) is 6.17. The molecule has 0 radical (unpaired) electrons.